The normalized spacial score (nSPS) is 30.1. The highest BCUT2D eigenvalue weighted by molar-refractivity contribution is 7.08. The molecule has 1 saturated carbocycles. The Bertz CT molecular complexity index is 1070. The number of esters is 1. The number of thiophene rings is 1. The Morgan fingerprint density at radius 3 is 2.58 bits per heavy atom. The van der Waals surface area contributed by atoms with Gasteiger partial charge in [-0.3, -0.25) is 10.1 Å². The Labute approximate surface area is 222 Å². The van der Waals surface area contributed by atoms with Gasteiger partial charge in [0.1, 0.15) is 6.54 Å². The molecule has 3 atom stereocenters. The Balaban J connectivity index is 0.00000304. The first-order valence-corrected chi connectivity index (χ1v) is 12.9. The molecule has 4 fully saturated rings. The fourth-order valence-corrected chi connectivity index (χ4v) is 6.65. The number of carbonyl (C=O) groups is 2. The number of hydrogen-bond acceptors (Lipinski definition) is 7. The van der Waals surface area contributed by atoms with Gasteiger partial charge < -0.3 is 31.3 Å². The smallest absolute Gasteiger partial charge is 0.343 e. The summed E-state index contributed by atoms with van der Waals surface area (Å²) in [4.78, 5) is 34.2. The number of ether oxygens (including phenoxy) is 1. The number of nitrogens with zero attached hydrogens (tertiary/aromatic N) is 3. The summed E-state index contributed by atoms with van der Waals surface area (Å²) in [6.45, 7) is 2.21. The van der Waals surface area contributed by atoms with Crippen LogP contribution < -0.4 is 22.3 Å². The van der Waals surface area contributed by atoms with E-state index in [2.05, 4.69) is 15.3 Å². The number of halogens is 3. The van der Waals surface area contributed by atoms with Crippen molar-refractivity contribution < 1.29 is 49.7 Å². The molecule has 12 heteroatoms. The first kappa shape index (κ1) is 27.0. The minimum absolute atomic E-state index is 0. The van der Waals surface area contributed by atoms with E-state index in [1.54, 1.807) is 35.3 Å². The molecule has 3 aliphatic heterocycles. The number of amides is 1. The second-order valence-electron chi connectivity index (χ2n) is 10.1. The van der Waals surface area contributed by atoms with Crippen LogP contribution in [0.15, 0.2) is 35.3 Å². The van der Waals surface area contributed by atoms with Crippen molar-refractivity contribution in [3.63, 3.8) is 0 Å². The molecule has 0 aromatic carbocycles. The van der Waals surface area contributed by atoms with Crippen LogP contribution in [0.1, 0.15) is 37.7 Å². The van der Waals surface area contributed by atoms with Crippen LogP contribution in [-0.4, -0.2) is 69.6 Å². The van der Waals surface area contributed by atoms with Crippen LogP contribution in [0.3, 0.4) is 0 Å². The molecule has 1 aliphatic carbocycles. The number of aliphatic hydroxyl groups is 1. The second kappa shape index (κ2) is 10.4. The van der Waals surface area contributed by atoms with Crippen molar-refractivity contribution in [1.82, 2.24) is 9.97 Å². The predicted molar refractivity (Wildman–Crippen MR) is 123 cm³/mol. The first-order valence-electron chi connectivity index (χ1n) is 12.0. The van der Waals surface area contributed by atoms with E-state index in [0.717, 1.165) is 25.9 Å². The van der Waals surface area contributed by atoms with Crippen LogP contribution in [0.25, 0.3) is 0 Å². The van der Waals surface area contributed by atoms with E-state index in [1.165, 1.54) is 11.3 Å². The van der Waals surface area contributed by atoms with Crippen LogP contribution in [-0.2, 0) is 19.9 Å². The minimum atomic E-state index is -2.91. The monoisotopic (exact) mass is 586 g/mol. The number of anilines is 1. The Hall–Kier alpha value is -2.02. The van der Waals surface area contributed by atoms with Gasteiger partial charge >= 0.3 is 5.97 Å². The standard InChI is InChI=1S/C24H28F2N4O4S.BrH/c25-23(26)6-2-17(12-23)24(33,18-5-11-35-15-18)21(32)34-19-13-30(9-3-16(19)4-10-30)14-20(31)29-22-27-7-1-8-28-22;/h1,5,7-8,11,15-17,19,33H,2-4,6,9-10,12-14H2;1H/t16?,17?,19-,24?,30?;/m0./s1. The van der Waals surface area contributed by atoms with Crippen LogP contribution in [0.2, 0.25) is 0 Å². The number of hydrogen-bond donors (Lipinski definition) is 2. The number of aromatic nitrogens is 2. The highest BCUT2D eigenvalue weighted by atomic mass is 79.9. The lowest BCUT2D eigenvalue weighted by Crippen LogP contribution is -3.00. The molecule has 3 saturated heterocycles. The fourth-order valence-electron chi connectivity index (χ4n) is 5.94. The fraction of sp³-hybridized carbons (Fsp3) is 0.583. The SMILES string of the molecule is O=C(C[N+]12CCC(CC1)[C@@H](OC(=O)C(O)(c1ccsc1)C1CCC(F)(F)C1)C2)Nc1ncccn1.[Br-]. The molecule has 2 N–H and O–H groups in total. The molecule has 4 aliphatic rings. The predicted octanol–water partition coefficient (Wildman–Crippen LogP) is -0.0440. The average molecular weight is 587 g/mol. The number of rotatable bonds is 7. The van der Waals surface area contributed by atoms with Crippen molar-refractivity contribution in [3.8, 4) is 0 Å². The summed E-state index contributed by atoms with van der Waals surface area (Å²) >= 11 is 1.29. The van der Waals surface area contributed by atoms with Gasteiger partial charge in [0.15, 0.2) is 18.2 Å². The number of quaternary nitrogens is 1. The number of alkyl halides is 2. The summed E-state index contributed by atoms with van der Waals surface area (Å²) in [5.41, 5.74) is -1.80. The van der Waals surface area contributed by atoms with E-state index in [0.29, 0.717) is 16.6 Å². The molecule has 5 heterocycles. The molecule has 2 aromatic heterocycles. The lowest BCUT2D eigenvalue weighted by molar-refractivity contribution is -0.939. The molecule has 1 amide bonds. The summed E-state index contributed by atoms with van der Waals surface area (Å²) in [7, 11) is 0. The molecule has 196 valence electrons. The number of carbonyl (C=O) groups excluding carboxylic acids is 2. The maximum absolute atomic E-state index is 14.0. The largest absolute Gasteiger partial charge is 1.00 e. The van der Waals surface area contributed by atoms with E-state index >= 15 is 0 Å². The Kier molecular flexibility index (Phi) is 7.80. The van der Waals surface area contributed by atoms with Crippen LogP contribution in [0.4, 0.5) is 14.7 Å². The highest BCUT2D eigenvalue weighted by Crippen LogP contribution is 2.49. The first-order chi connectivity index (χ1) is 16.7. The maximum atomic E-state index is 14.0. The molecule has 0 radical (unpaired) electrons. The molecular formula is C24H29BrF2N4O4S. The van der Waals surface area contributed by atoms with Crippen LogP contribution in [0.5, 0.6) is 0 Å². The minimum Gasteiger partial charge on any atom is -1.00 e. The van der Waals surface area contributed by atoms with Gasteiger partial charge in [-0.25, -0.2) is 23.5 Å². The van der Waals surface area contributed by atoms with Crippen molar-refractivity contribution in [2.45, 2.75) is 49.7 Å². The maximum Gasteiger partial charge on any atom is 0.343 e. The molecule has 8 nitrogen and oxygen atoms in total. The molecule has 0 spiro atoms. The van der Waals surface area contributed by atoms with Gasteiger partial charge in [0.2, 0.25) is 11.9 Å². The van der Waals surface area contributed by atoms with E-state index in [9.17, 15) is 23.5 Å². The zero-order valence-corrected chi connectivity index (χ0v) is 22.0. The number of nitrogens with one attached hydrogen (secondary N) is 1. The molecular weight excluding hydrogens is 558 g/mol. The highest BCUT2D eigenvalue weighted by Gasteiger charge is 2.56. The third-order valence-corrected chi connectivity index (χ3v) is 8.55. The van der Waals surface area contributed by atoms with Crippen molar-refractivity contribution in [2.75, 3.05) is 31.5 Å². The molecule has 6 rings (SSSR count). The lowest BCUT2D eigenvalue weighted by Gasteiger charge is -2.51. The van der Waals surface area contributed by atoms with Crippen molar-refractivity contribution in [2.24, 2.45) is 11.8 Å². The van der Waals surface area contributed by atoms with Gasteiger partial charge in [-0.15, -0.1) is 0 Å². The lowest BCUT2D eigenvalue weighted by atomic mass is 9.80. The van der Waals surface area contributed by atoms with Crippen molar-refractivity contribution in [3.05, 3.63) is 40.8 Å². The van der Waals surface area contributed by atoms with Gasteiger partial charge in [-0.1, -0.05) is 0 Å². The third-order valence-electron chi connectivity index (χ3n) is 7.86. The van der Waals surface area contributed by atoms with Crippen molar-refractivity contribution >= 4 is 29.2 Å². The van der Waals surface area contributed by atoms with Gasteiger partial charge in [0, 0.05) is 55.5 Å². The molecule has 2 bridgehead atoms. The quantitative estimate of drug-likeness (QED) is 0.349. The topological polar surface area (TPSA) is 101 Å². The van der Waals surface area contributed by atoms with Crippen LogP contribution in [0, 0.1) is 11.8 Å². The zero-order chi connectivity index (χ0) is 24.7. The Morgan fingerprint density at radius 2 is 1.97 bits per heavy atom. The summed E-state index contributed by atoms with van der Waals surface area (Å²) < 4.78 is 34.4. The number of piperidine rings is 3. The van der Waals surface area contributed by atoms with Gasteiger partial charge in [0.25, 0.3) is 5.91 Å². The van der Waals surface area contributed by atoms with E-state index in [4.69, 9.17) is 4.74 Å². The molecule has 36 heavy (non-hydrogen) atoms. The summed E-state index contributed by atoms with van der Waals surface area (Å²) in [5.74, 6) is -4.55. The van der Waals surface area contributed by atoms with E-state index < -0.39 is 35.9 Å². The molecule has 2 unspecified atom stereocenters. The number of fused-ring (bicyclic) bond motifs is 3. The van der Waals surface area contributed by atoms with E-state index in [1.807, 2.05) is 0 Å². The zero-order valence-electron chi connectivity index (χ0n) is 19.6. The third kappa shape index (κ3) is 5.32. The Morgan fingerprint density at radius 1 is 1.25 bits per heavy atom. The van der Waals surface area contributed by atoms with Crippen LogP contribution >= 0.6 is 11.3 Å². The van der Waals surface area contributed by atoms with Gasteiger partial charge in [-0.2, -0.15) is 11.3 Å². The van der Waals surface area contributed by atoms with Gasteiger partial charge in [0.05, 0.1) is 13.1 Å². The van der Waals surface area contributed by atoms with E-state index in [-0.39, 0.29) is 54.1 Å². The summed E-state index contributed by atoms with van der Waals surface area (Å²) in [5, 5.41) is 17.6. The summed E-state index contributed by atoms with van der Waals surface area (Å²) in [6.07, 6.45) is 3.31. The second-order valence-corrected chi connectivity index (χ2v) is 10.9. The van der Waals surface area contributed by atoms with Crippen molar-refractivity contribution in [1.29, 1.82) is 0 Å². The summed E-state index contributed by atoms with van der Waals surface area (Å²) in [6, 6.07) is 3.26. The average Bonchev–Trinajstić information content (AvgIpc) is 3.50. The van der Waals surface area contributed by atoms with Gasteiger partial charge in [-0.05, 0) is 29.3 Å². The molecule has 2 aromatic rings.